The Balaban J connectivity index is 1.48. The van der Waals surface area contributed by atoms with Crippen LogP contribution < -0.4 is 5.56 Å². The first kappa shape index (κ1) is 18.2. The van der Waals surface area contributed by atoms with E-state index in [4.69, 9.17) is 4.74 Å². The average Bonchev–Trinajstić information content (AvgIpc) is 3.11. The number of fused-ring (bicyclic) bond motifs is 5. The zero-order valence-corrected chi connectivity index (χ0v) is 16.6. The first-order valence-electron chi connectivity index (χ1n) is 10.2. The standard InChI is InChI=1S/C23H25N3O3/c1-29-10-9-25-19-6-3-2-5-17(19)12-21(25)23(28)24-13-16-11-18(15-24)20-7-4-8-22(27)26(20)14-16/h2-8,12,16,18H,9-11,13-15H2,1H3. The summed E-state index contributed by atoms with van der Waals surface area (Å²) in [4.78, 5) is 27.8. The molecule has 4 heterocycles. The van der Waals surface area contributed by atoms with Gasteiger partial charge in [0.05, 0.1) is 6.61 Å². The second-order valence-corrected chi connectivity index (χ2v) is 8.14. The molecule has 150 valence electrons. The molecule has 2 aliphatic rings. The molecule has 2 unspecified atom stereocenters. The van der Waals surface area contributed by atoms with Gasteiger partial charge in [0.2, 0.25) is 0 Å². The van der Waals surface area contributed by atoms with E-state index in [9.17, 15) is 9.59 Å². The Bertz CT molecular complexity index is 1130. The number of hydrogen-bond acceptors (Lipinski definition) is 3. The van der Waals surface area contributed by atoms with E-state index in [0.717, 1.165) is 23.0 Å². The summed E-state index contributed by atoms with van der Waals surface area (Å²) < 4.78 is 9.25. The van der Waals surface area contributed by atoms with Crippen LogP contribution in [0.4, 0.5) is 0 Å². The molecule has 6 heteroatoms. The Morgan fingerprint density at radius 2 is 1.97 bits per heavy atom. The van der Waals surface area contributed by atoms with Crippen LogP contribution in [0.1, 0.15) is 28.5 Å². The van der Waals surface area contributed by atoms with Crippen molar-refractivity contribution in [3.8, 4) is 0 Å². The van der Waals surface area contributed by atoms with Gasteiger partial charge in [0.15, 0.2) is 0 Å². The predicted octanol–water partition coefficient (Wildman–Crippen LogP) is 2.71. The normalized spacial score (nSPS) is 20.7. The average molecular weight is 391 g/mol. The summed E-state index contributed by atoms with van der Waals surface area (Å²) in [5.41, 5.74) is 2.90. The van der Waals surface area contributed by atoms with Crippen LogP contribution in [0.5, 0.6) is 0 Å². The van der Waals surface area contributed by atoms with Crippen molar-refractivity contribution < 1.29 is 9.53 Å². The van der Waals surface area contributed by atoms with Gasteiger partial charge in [-0.3, -0.25) is 9.59 Å². The monoisotopic (exact) mass is 391 g/mol. The van der Waals surface area contributed by atoms with E-state index in [1.807, 2.05) is 45.9 Å². The van der Waals surface area contributed by atoms with Gasteiger partial charge in [0, 0.05) is 61.9 Å². The lowest BCUT2D eigenvalue weighted by atomic mass is 9.83. The number of ether oxygens (including phenoxy) is 1. The highest BCUT2D eigenvalue weighted by molar-refractivity contribution is 5.99. The number of carbonyl (C=O) groups is 1. The molecule has 1 aromatic carbocycles. The van der Waals surface area contributed by atoms with E-state index in [-0.39, 0.29) is 17.4 Å². The topological polar surface area (TPSA) is 56.5 Å². The summed E-state index contributed by atoms with van der Waals surface area (Å²) >= 11 is 0. The maximum atomic E-state index is 13.6. The van der Waals surface area contributed by atoms with Gasteiger partial charge in [-0.05, 0) is 30.5 Å². The van der Waals surface area contributed by atoms with Gasteiger partial charge in [0.25, 0.3) is 11.5 Å². The number of para-hydroxylation sites is 1. The molecule has 2 aliphatic heterocycles. The summed E-state index contributed by atoms with van der Waals surface area (Å²) in [6.07, 6.45) is 1.04. The Morgan fingerprint density at radius 1 is 1.10 bits per heavy atom. The predicted molar refractivity (Wildman–Crippen MR) is 111 cm³/mol. The molecular formula is C23H25N3O3. The number of carbonyl (C=O) groups excluding carboxylic acids is 1. The van der Waals surface area contributed by atoms with Crippen molar-refractivity contribution in [2.45, 2.75) is 25.4 Å². The van der Waals surface area contributed by atoms with Crippen molar-refractivity contribution in [3.05, 3.63) is 70.3 Å². The van der Waals surface area contributed by atoms with Crippen LogP contribution in [-0.2, 0) is 17.8 Å². The Hall–Kier alpha value is -2.86. The van der Waals surface area contributed by atoms with Gasteiger partial charge in [0.1, 0.15) is 5.69 Å². The number of nitrogens with zero attached hydrogens (tertiary/aromatic N) is 3. The number of amides is 1. The third kappa shape index (κ3) is 3.08. The highest BCUT2D eigenvalue weighted by atomic mass is 16.5. The first-order valence-corrected chi connectivity index (χ1v) is 10.2. The lowest BCUT2D eigenvalue weighted by molar-refractivity contribution is 0.0582. The summed E-state index contributed by atoms with van der Waals surface area (Å²) in [7, 11) is 1.68. The van der Waals surface area contributed by atoms with Gasteiger partial charge in [-0.1, -0.05) is 24.3 Å². The lowest BCUT2D eigenvalue weighted by Gasteiger charge is -2.42. The lowest BCUT2D eigenvalue weighted by Crippen LogP contribution is -2.49. The molecular weight excluding hydrogens is 366 g/mol. The number of methoxy groups -OCH3 is 1. The van der Waals surface area contributed by atoms with Gasteiger partial charge in [-0.25, -0.2) is 0 Å². The van der Waals surface area contributed by atoms with Crippen molar-refractivity contribution in [1.82, 2.24) is 14.0 Å². The van der Waals surface area contributed by atoms with E-state index in [1.165, 1.54) is 0 Å². The summed E-state index contributed by atoms with van der Waals surface area (Å²) in [5, 5.41) is 1.07. The van der Waals surface area contributed by atoms with Crippen LogP contribution in [0.3, 0.4) is 0 Å². The van der Waals surface area contributed by atoms with Crippen molar-refractivity contribution in [2.75, 3.05) is 26.8 Å². The van der Waals surface area contributed by atoms with Gasteiger partial charge in [-0.2, -0.15) is 0 Å². The van der Waals surface area contributed by atoms with Crippen LogP contribution in [-0.4, -0.2) is 46.7 Å². The number of hydrogen-bond donors (Lipinski definition) is 0. The van der Waals surface area contributed by atoms with E-state index in [0.29, 0.717) is 44.4 Å². The van der Waals surface area contributed by atoms with E-state index < -0.39 is 0 Å². The van der Waals surface area contributed by atoms with Crippen LogP contribution in [0.2, 0.25) is 0 Å². The molecule has 2 bridgehead atoms. The Morgan fingerprint density at radius 3 is 2.83 bits per heavy atom. The molecule has 5 rings (SSSR count). The third-order valence-electron chi connectivity index (χ3n) is 6.32. The van der Waals surface area contributed by atoms with E-state index in [1.54, 1.807) is 13.2 Å². The minimum atomic E-state index is 0.0664. The fourth-order valence-electron chi connectivity index (χ4n) is 5.04. The third-order valence-corrected chi connectivity index (χ3v) is 6.32. The molecule has 6 nitrogen and oxygen atoms in total. The number of piperidine rings is 1. The highest BCUT2D eigenvalue weighted by Gasteiger charge is 2.37. The molecule has 0 saturated carbocycles. The molecule has 2 aromatic heterocycles. The maximum absolute atomic E-state index is 13.6. The molecule has 0 aliphatic carbocycles. The summed E-state index contributed by atoms with van der Waals surface area (Å²) in [6, 6.07) is 15.6. The largest absolute Gasteiger partial charge is 0.383 e. The zero-order valence-electron chi connectivity index (χ0n) is 16.6. The number of rotatable bonds is 4. The minimum absolute atomic E-state index is 0.0664. The van der Waals surface area contributed by atoms with Crippen LogP contribution in [0.15, 0.2) is 53.3 Å². The summed E-state index contributed by atoms with van der Waals surface area (Å²) in [5.74, 6) is 0.609. The number of aromatic nitrogens is 2. The zero-order chi connectivity index (χ0) is 20.0. The molecule has 1 fully saturated rings. The minimum Gasteiger partial charge on any atom is -0.383 e. The van der Waals surface area contributed by atoms with Crippen molar-refractivity contribution in [1.29, 1.82) is 0 Å². The van der Waals surface area contributed by atoms with Crippen molar-refractivity contribution in [2.24, 2.45) is 5.92 Å². The van der Waals surface area contributed by atoms with Crippen molar-refractivity contribution >= 4 is 16.8 Å². The number of pyridine rings is 1. The van der Waals surface area contributed by atoms with Crippen LogP contribution in [0, 0.1) is 5.92 Å². The maximum Gasteiger partial charge on any atom is 0.270 e. The van der Waals surface area contributed by atoms with Gasteiger partial charge < -0.3 is 18.8 Å². The Kier molecular flexibility index (Phi) is 4.51. The molecule has 1 amide bonds. The highest BCUT2D eigenvalue weighted by Crippen LogP contribution is 2.35. The quantitative estimate of drug-likeness (QED) is 0.687. The van der Waals surface area contributed by atoms with Crippen LogP contribution >= 0.6 is 0 Å². The van der Waals surface area contributed by atoms with Gasteiger partial charge in [-0.15, -0.1) is 0 Å². The molecule has 29 heavy (non-hydrogen) atoms. The van der Waals surface area contributed by atoms with Crippen LogP contribution in [0.25, 0.3) is 10.9 Å². The number of benzene rings is 1. The molecule has 1 saturated heterocycles. The fourth-order valence-corrected chi connectivity index (χ4v) is 5.04. The second-order valence-electron chi connectivity index (χ2n) is 8.14. The Labute approximate surface area is 169 Å². The van der Waals surface area contributed by atoms with E-state index in [2.05, 4.69) is 10.6 Å². The first-order chi connectivity index (χ1) is 14.2. The summed E-state index contributed by atoms with van der Waals surface area (Å²) in [6.45, 7) is 3.25. The second kappa shape index (κ2) is 7.19. The van der Waals surface area contributed by atoms with Gasteiger partial charge >= 0.3 is 0 Å². The van der Waals surface area contributed by atoms with Crippen molar-refractivity contribution in [3.63, 3.8) is 0 Å². The number of likely N-dealkylation sites (tertiary alicyclic amines) is 1. The molecule has 2 atom stereocenters. The SMILES string of the molecule is COCCn1c(C(=O)N2CC3CC(C2)c2cccc(=O)n2C3)cc2ccccc21. The molecule has 0 radical (unpaired) electrons. The van der Waals surface area contributed by atoms with E-state index >= 15 is 0 Å². The molecule has 0 N–H and O–H groups in total. The molecule has 0 spiro atoms. The smallest absolute Gasteiger partial charge is 0.270 e. The fraction of sp³-hybridized carbons (Fsp3) is 0.391. The molecule has 3 aromatic rings.